The average molecular weight is 451 g/mol. The second-order valence-corrected chi connectivity index (χ2v) is 12.1. The van der Waals surface area contributed by atoms with Gasteiger partial charge in [-0.2, -0.15) is 18.3 Å². The molecule has 1 aromatic rings. The third-order valence-electron chi connectivity index (χ3n) is 10.6. The lowest BCUT2D eigenvalue weighted by molar-refractivity contribution is -0.139. The molecule has 0 saturated heterocycles. The summed E-state index contributed by atoms with van der Waals surface area (Å²) in [6.45, 7) is 7.24. The molecule has 0 aromatic carbocycles. The highest BCUT2D eigenvalue weighted by Crippen LogP contribution is 2.67. The zero-order valence-electron chi connectivity index (χ0n) is 19.6. The first-order valence-corrected chi connectivity index (χ1v) is 12.6. The number of ketones is 1. The zero-order chi connectivity index (χ0) is 22.9. The largest absolute Gasteiger partial charge is 0.419 e. The summed E-state index contributed by atoms with van der Waals surface area (Å²) in [5.74, 6) is 3.80. The number of nitrogens with zero attached hydrogens (tertiary/aromatic N) is 2. The van der Waals surface area contributed by atoms with Gasteiger partial charge in [-0.1, -0.05) is 27.2 Å². The minimum Gasteiger partial charge on any atom is -0.297 e. The molecule has 0 radical (unpaired) electrons. The molecule has 4 fully saturated rings. The summed E-state index contributed by atoms with van der Waals surface area (Å²) in [6, 6.07) is 0. The Morgan fingerprint density at radius 2 is 1.78 bits per heavy atom. The molecule has 6 heteroatoms. The van der Waals surface area contributed by atoms with Crippen molar-refractivity contribution < 1.29 is 18.0 Å². The average Bonchev–Trinajstić information content (AvgIpc) is 3.32. The Kier molecular flexibility index (Phi) is 5.33. The maximum Gasteiger partial charge on any atom is 0.419 e. The van der Waals surface area contributed by atoms with Crippen LogP contribution >= 0.6 is 0 Å². The molecule has 0 spiro atoms. The van der Waals surface area contributed by atoms with Gasteiger partial charge in [-0.05, 0) is 91.8 Å². The van der Waals surface area contributed by atoms with Gasteiger partial charge in [0.05, 0.1) is 18.3 Å². The number of fused-ring (bicyclic) bond motifs is 5. The van der Waals surface area contributed by atoms with Gasteiger partial charge in [0, 0.05) is 12.1 Å². The fraction of sp³-hybridized carbons (Fsp3) is 0.846. The number of hydrogen-bond acceptors (Lipinski definition) is 2. The van der Waals surface area contributed by atoms with Crippen LogP contribution in [0.2, 0.25) is 0 Å². The number of carbonyl (C=O) groups excluding carboxylic acids is 1. The first-order valence-electron chi connectivity index (χ1n) is 12.6. The highest BCUT2D eigenvalue weighted by Gasteiger charge is 2.60. The number of aromatic nitrogens is 2. The van der Waals surface area contributed by atoms with Crippen LogP contribution in [-0.4, -0.2) is 15.6 Å². The monoisotopic (exact) mass is 450 g/mol. The van der Waals surface area contributed by atoms with Crippen LogP contribution in [0, 0.1) is 46.3 Å². The first-order chi connectivity index (χ1) is 15.0. The summed E-state index contributed by atoms with van der Waals surface area (Å²) < 4.78 is 39.9. The van der Waals surface area contributed by atoms with E-state index in [2.05, 4.69) is 25.9 Å². The SMILES string of the molecule is C[C@H]1CC[C@@]2(C)C(CCC3C2CC[C@]2(C)C(C(=O)Cn4cc(C(F)(F)F)cn4)CCC32)C1. The van der Waals surface area contributed by atoms with E-state index in [1.165, 1.54) is 43.2 Å². The summed E-state index contributed by atoms with van der Waals surface area (Å²) in [7, 11) is 0. The van der Waals surface area contributed by atoms with E-state index in [-0.39, 0.29) is 23.7 Å². The summed E-state index contributed by atoms with van der Waals surface area (Å²) in [5.41, 5.74) is -0.334. The van der Waals surface area contributed by atoms with Gasteiger partial charge in [0.2, 0.25) is 0 Å². The van der Waals surface area contributed by atoms with E-state index in [0.717, 1.165) is 49.4 Å². The fourth-order valence-corrected chi connectivity index (χ4v) is 8.87. The van der Waals surface area contributed by atoms with Crippen LogP contribution < -0.4 is 0 Å². The number of rotatable bonds is 3. The van der Waals surface area contributed by atoms with Crippen LogP contribution in [-0.2, 0) is 17.5 Å². The summed E-state index contributed by atoms with van der Waals surface area (Å²) >= 11 is 0. The van der Waals surface area contributed by atoms with Gasteiger partial charge in [-0.25, -0.2) is 0 Å². The molecule has 3 nitrogen and oxygen atoms in total. The van der Waals surface area contributed by atoms with Crippen molar-refractivity contribution in [3.8, 4) is 0 Å². The Bertz CT molecular complexity index is 879. The smallest absolute Gasteiger partial charge is 0.297 e. The normalized spacial score (nSPS) is 43.9. The second-order valence-electron chi connectivity index (χ2n) is 12.1. The lowest BCUT2D eigenvalue weighted by Gasteiger charge is -2.61. The number of alkyl halides is 3. The molecule has 0 bridgehead atoms. The zero-order valence-corrected chi connectivity index (χ0v) is 19.6. The van der Waals surface area contributed by atoms with Crippen molar-refractivity contribution in [3.63, 3.8) is 0 Å². The number of Topliss-reactive ketones (excluding diaryl/α,β-unsaturated/α-hetero) is 1. The van der Waals surface area contributed by atoms with E-state index < -0.39 is 11.7 Å². The van der Waals surface area contributed by atoms with E-state index in [9.17, 15) is 18.0 Å². The van der Waals surface area contributed by atoms with E-state index in [4.69, 9.17) is 0 Å². The summed E-state index contributed by atoms with van der Waals surface area (Å²) in [5, 5.41) is 3.82. The van der Waals surface area contributed by atoms with Gasteiger partial charge in [0.25, 0.3) is 0 Å². The highest BCUT2D eigenvalue weighted by molar-refractivity contribution is 5.82. The molecule has 32 heavy (non-hydrogen) atoms. The van der Waals surface area contributed by atoms with Crippen LogP contribution in [0.5, 0.6) is 0 Å². The Balaban J connectivity index is 1.32. The molecule has 4 aliphatic rings. The standard InChI is InChI=1S/C26H37F3N2O/c1-16-8-10-24(2)17(12-16)4-5-19-20-6-7-22(25(20,3)11-9-21(19)24)23(32)15-31-14-18(13-30-31)26(27,28)29/h13-14,16-17,19-22H,4-12,15H2,1-3H3/t16-,17?,19?,20?,21?,22?,24-,25-/m0/s1. The van der Waals surface area contributed by atoms with Crippen molar-refractivity contribution in [2.45, 2.75) is 91.3 Å². The van der Waals surface area contributed by atoms with E-state index in [0.29, 0.717) is 17.3 Å². The Morgan fingerprint density at radius 1 is 1.06 bits per heavy atom. The molecule has 4 saturated carbocycles. The minimum atomic E-state index is -4.42. The van der Waals surface area contributed by atoms with Crippen molar-refractivity contribution in [2.75, 3.05) is 0 Å². The lowest BCUT2D eigenvalue weighted by Crippen LogP contribution is -2.53. The van der Waals surface area contributed by atoms with Crippen molar-refractivity contribution in [1.29, 1.82) is 0 Å². The topological polar surface area (TPSA) is 34.9 Å². The number of hydrogen-bond donors (Lipinski definition) is 0. The van der Waals surface area contributed by atoms with Gasteiger partial charge in [-0.15, -0.1) is 0 Å². The van der Waals surface area contributed by atoms with Crippen LogP contribution in [0.3, 0.4) is 0 Å². The molecule has 8 atom stereocenters. The summed E-state index contributed by atoms with van der Waals surface area (Å²) in [4.78, 5) is 13.3. The van der Waals surface area contributed by atoms with Crippen molar-refractivity contribution in [1.82, 2.24) is 9.78 Å². The molecule has 4 aliphatic carbocycles. The number of halogens is 3. The van der Waals surface area contributed by atoms with E-state index in [1.807, 2.05) is 0 Å². The molecule has 1 aromatic heterocycles. The Hall–Kier alpha value is -1.33. The minimum absolute atomic E-state index is 0.0105. The van der Waals surface area contributed by atoms with Gasteiger partial charge in [0.15, 0.2) is 5.78 Å². The Morgan fingerprint density at radius 3 is 2.50 bits per heavy atom. The molecule has 178 valence electrons. The van der Waals surface area contributed by atoms with Crippen molar-refractivity contribution in [3.05, 3.63) is 18.0 Å². The maximum absolute atomic E-state index is 13.3. The first kappa shape index (κ1) is 22.5. The fourth-order valence-electron chi connectivity index (χ4n) is 8.87. The Labute approximate surface area is 189 Å². The highest BCUT2D eigenvalue weighted by atomic mass is 19.4. The quantitative estimate of drug-likeness (QED) is 0.510. The van der Waals surface area contributed by atoms with Crippen LogP contribution in [0.4, 0.5) is 13.2 Å². The van der Waals surface area contributed by atoms with Gasteiger partial charge >= 0.3 is 6.18 Å². The van der Waals surface area contributed by atoms with Crippen LogP contribution in [0.25, 0.3) is 0 Å². The summed E-state index contributed by atoms with van der Waals surface area (Å²) in [6.07, 6.45) is 8.36. The molecule has 1 heterocycles. The van der Waals surface area contributed by atoms with Crippen molar-refractivity contribution >= 4 is 5.78 Å². The van der Waals surface area contributed by atoms with Gasteiger partial charge in [0.1, 0.15) is 0 Å². The molecule has 0 amide bonds. The van der Waals surface area contributed by atoms with Crippen molar-refractivity contribution in [2.24, 2.45) is 46.3 Å². The van der Waals surface area contributed by atoms with Gasteiger partial charge in [-0.3, -0.25) is 9.48 Å². The number of carbonyl (C=O) groups is 1. The van der Waals surface area contributed by atoms with Gasteiger partial charge < -0.3 is 0 Å². The molecule has 0 N–H and O–H groups in total. The molecule has 5 rings (SSSR count). The van der Waals surface area contributed by atoms with E-state index >= 15 is 0 Å². The van der Waals surface area contributed by atoms with Crippen LogP contribution in [0.1, 0.15) is 84.1 Å². The third kappa shape index (κ3) is 3.46. The predicted octanol–water partition coefficient (Wildman–Crippen LogP) is 6.77. The molecule has 0 aliphatic heterocycles. The second kappa shape index (κ2) is 7.59. The lowest BCUT2D eigenvalue weighted by atomic mass is 9.44. The maximum atomic E-state index is 13.3. The van der Waals surface area contributed by atoms with Crippen LogP contribution in [0.15, 0.2) is 12.4 Å². The van der Waals surface area contributed by atoms with E-state index in [1.54, 1.807) is 0 Å². The molecule has 5 unspecified atom stereocenters. The molecular formula is C26H37F3N2O. The molecular weight excluding hydrogens is 413 g/mol. The third-order valence-corrected chi connectivity index (χ3v) is 10.6. The predicted molar refractivity (Wildman–Crippen MR) is 117 cm³/mol.